The van der Waals surface area contributed by atoms with Crippen molar-refractivity contribution < 1.29 is 0 Å². The second-order valence-electron chi connectivity index (χ2n) is 4.31. The molecule has 6 heteroatoms. The first-order valence-corrected chi connectivity index (χ1v) is 7.86. The van der Waals surface area contributed by atoms with Gasteiger partial charge in [0.25, 0.3) is 0 Å². The van der Waals surface area contributed by atoms with Gasteiger partial charge in [-0.25, -0.2) is 0 Å². The first-order chi connectivity index (χ1) is 9.19. The van der Waals surface area contributed by atoms with Crippen LogP contribution >= 0.6 is 27.7 Å². The Kier molecular flexibility index (Phi) is 5.42. The molecule has 0 saturated heterocycles. The molecule has 19 heavy (non-hydrogen) atoms. The Hall–Kier alpha value is -0.850. The van der Waals surface area contributed by atoms with Crippen LogP contribution in [0.4, 0.5) is 0 Å². The number of nitrogens with one attached hydrogen (secondary N) is 1. The molecule has 0 aliphatic heterocycles. The minimum absolute atomic E-state index is 0.383. The maximum atomic E-state index is 4.13. The van der Waals surface area contributed by atoms with Gasteiger partial charge in [-0.05, 0) is 35.1 Å². The maximum absolute atomic E-state index is 4.13. The Labute approximate surface area is 126 Å². The average molecular weight is 341 g/mol. The molecule has 0 fully saturated rings. The first-order valence-electron chi connectivity index (χ1n) is 6.09. The highest BCUT2D eigenvalue weighted by Gasteiger charge is 2.11. The minimum Gasteiger partial charge on any atom is -0.316 e. The Bertz CT molecular complexity index is 529. The van der Waals surface area contributed by atoms with Crippen molar-refractivity contribution >= 4 is 27.7 Å². The third kappa shape index (κ3) is 4.33. The van der Waals surface area contributed by atoms with Gasteiger partial charge in [0.2, 0.25) is 0 Å². The van der Waals surface area contributed by atoms with Crippen molar-refractivity contribution in [3.8, 4) is 0 Å². The van der Waals surface area contributed by atoms with Crippen LogP contribution in [0.5, 0.6) is 0 Å². The number of rotatable bonds is 6. The summed E-state index contributed by atoms with van der Waals surface area (Å²) in [4.78, 5) is 1.27. The van der Waals surface area contributed by atoms with Crippen LogP contribution in [0.15, 0.2) is 39.8 Å². The lowest BCUT2D eigenvalue weighted by Crippen LogP contribution is -2.30. The van der Waals surface area contributed by atoms with Gasteiger partial charge >= 0.3 is 0 Å². The lowest BCUT2D eigenvalue weighted by molar-refractivity contribution is 0.607. The first kappa shape index (κ1) is 14.6. The zero-order valence-corrected chi connectivity index (χ0v) is 13.4. The Morgan fingerprint density at radius 3 is 2.84 bits per heavy atom. The lowest BCUT2D eigenvalue weighted by atomic mass is 10.2. The minimum atomic E-state index is 0.383. The molecule has 0 aliphatic rings. The number of aryl methyl sites for hydroxylation is 1. The number of nitrogens with zero attached hydrogens (tertiary/aromatic N) is 3. The molecule has 0 bridgehead atoms. The zero-order valence-electron chi connectivity index (χ0n) is 11.0. The number of halogens is 1. The van der Waals surface area contributed by atoms with Crippen LogP contribution in [0.3, 0.4) is 0 Å². The van der Waals surface area contributed by atoms with Gasteiger partial charge in [-0.2, -0.15) is 0 Å². The normalized spacial score (nSPS) is 12.6. The standard InChI is InChI=1S/C13H17BrN4S/c1-15-11(7-10-8-18(2)17-16-10)9-19-13-6-4-3-5-12(13)14/h3-6,8,11,15H,7,9H2,1-2H3. The molecule has 1 aromatic carbocycles. The number of benzene rings is 1. The monoisotopic (exact) mass is 340 g/mol. The van der Waals surface area contributed by atoms with Gasteiger partial charge in [0.1, 0.15) is 0 Å². The summed E-state index contributed by atoms with van der Waals surface area (Å²) in [6.07, 6.45) is 2.86. The predicted molar refractivity (Wildman–Crippen MR) is 82.4 cm³/mol. The van der Waals surface area contributed by atoms with E-state index in [2.05, 4.69) is 49.8 Å². The molecular weight excluding hydrogens is 324 g/mol. The summed E-state index contributed by atoms with van der Waals surface area (Å²) in [6.45, 7) is 0. The van der Waals surface area contributed by atoms with E-state index in [9.17, 15) is 0 Å². The van der Waals surface area contributed by atoms with E-state index in [0.717, 1.165) is 22.3 Å². The highest BCUT2D eigenvalue weighted by molar-refractivity contribution is 9.10. The largest absolute Gasteiger partial charge is 0.316 e. The van der Waals surface area contributed by atoms with Gasteiger partial charge in [-0.1, -0.05) is 17.3 Å². The summed E-state index contributed by atoms with van der Waals surface area (Å²) >= 11 is 5.41. The summed E-state index contributed by atoms with van der Waals surface area (Å²) in [7, 11) is 3.88. The van der Waals surface area contributed by atoms with Gasteiger partial charge in [0.15, 0.2) is 0 Å². The molecule has 1 atom stereocenters. The Balaban J connectivity index is 1.91. The van der Waals surface area contributed by atoms with Gasteiger partial charge in [-0.3, -0.25) is 4.68 Å². The molecule has 1 heterocycles. The number of hydrogen-bond donors (Lipinski definition) is 1. The summed E-state index contributed by atoms with van der Waals surface area (Å²) in [5.74, 6) is 0.996. The third-order valence-corrected chi connectivity index (χ3v) is 4.98. The number of thioether (sulfide) groups is 1. The highest BCUT2D eigenvalue weighted by atomic mass is 79.9. The fourth-order valence-electron chi connectivity index (χ4n) is 1.74. The molecule has 1 unspecified atom stereocenters. The molecule has 1 aromatic heterocycles. The van der Waals surface area contributed by atoms with Crippen molar-refractivity contribution in [1.82, 2.24) is 20.3 Å². The fraction of sp³-hybridized carbons (Fsp3) is 0.385. The molecule has 4 nitrogen and oxygen atoms in total. The summed E-state index contributed by atoms with van der Waals surface area (Å²) in [5.41, 5.74) is 1.02. The van der Waals surface area contributed by atoms with Crippen LogP contribution in [0.25, 0.3) is 0 Å². The van der Waals surface area contributed by atoms with E-state index in [-0.39, 0.29) is 0 Å². The zero-order chi connectivity index (χ0) is 13.7. The third-order valence-electron chi connectivity index (χ3n) is 2.79. The quantitative estimate of drug-likeness (QED) is 0.820. The summed E-state index contributed by atoms with van der Waals surface area (Å²) in [6, 6.07) is 8.67. The smallest absolute Gasteiger partial charge is 0.0842 e. The van der Waals surface area contributed by atoms with E-state index < -0.39 is 0 Å². The molecule has 0 amide bonds. The van der Waals surface area contributed by atoms with Crippen LogP contribution < -0.4 is 5.32 Å². The van der Waals surface area contributed by atoms with Crippen LogP contribution in [-0.2, 0) is 13.5 Å². The van der Waals surface area contributed by atoms with Crippen molar-refractivity contribution in [3.05, 3.63) is 40.6 Å². The van der Waals surface area contributed by atoms with Gasteiger partial charge in [-0.15, -0.1) is 16.9 Å². The molecule has 0 radical (unpaired) electrons. The Morgan fingerprint density at radius 2 is 2.21 bits per heavy atom. The topological polar surface area (TPSA) is 42.7 Å². The van der Waals surface area contributed by atoms with Gasteiger partial charge in [0, 0.05) is 40.8 Å². The van der Waals surface area contributed by atoms with Crippen LogP contribution in [-0.4, -0.2) is 33.8 Å². The lowest BCUT2D eigenvalue weighted by Gasteiger charge is -2.14. The summed E-state index contributed by atoms with van der Waals surface area (Å²) in [5, 5.41) is 11.4. The van der Waals surface area contributed by atoms with Crippen molar-refractivity contribution in [2.24, 2.45) is 7.05 Å². The van der Waals surface area contributed by atoms with E-state index >= 15 is 0 Å². The van der Waals surface area contributed by atoms with E-state index in [1.165, 1.54) is 4.90 Å². The highest BCUT2D eigenvalue weighted by Crippen LogP contribution is 2.27. The average Bonchev–Trinajstić information content (AvgIpc) is 2.81. The van der Waals surface area contributed by atoms with E-state index in [1.807, 2.05) is 38.1 Å². The number of likely N-dealkylation sites (N-methyl/N-ethyl adjacent to an activating group) is 1. The number of hydrogen-bond acceptors (Lipinski definition) is 4. The summed E-state index contributed by atoms with van der Waals surface area (Å²) < 4.78 is 2.89. The molecule has 2 aromatic rings. The van der Waals surface area contributed by atoms with Crippen molar-refractivity contribution in [3.63, 3.8) is 0 Å². The predicted octanol–water partition coefficient (Wildman–Crippen LogP) is 2.50. The van der Waals surface area contributed by atoms with Gasteiger partial charge < -0.3 is 5.32 Å². The molecule has 1 N–H and O–H groups in total. The Morgan fingerprint density at radius 1 is 1.42 bits per heavy atom. The van der Waals surface area contributed by atoms with Crippen LogP contribution in [0.1, 0.15) is 5.69 Å². The molecular formula is C13H17BrN4S. The number of aromatic nitrogens is 3. The van der Waals surface area contributed by atoms with E-state index in [0.29, 0.717) is 6.04 Å². The van der Waals surface area contributed by atoms with Crippen molar-refractivity contribution in [2.45, 2.75) is 17.4 Å². The van der Waals surface area contributed by atoms with Crippen molar-refractivity contribution in [2.75, 3.05) is 12.8 Å². The van der Waals surface area contributed by atoms with Crippen LogP contribution in [0, 0.1) is 0 Å². The molecule has 0 spiro atoms. The molecule has 2 rings (SSSR count). The van der Waals surface area contributed by atoms with E-state index in [4.69, 9.17) is 0 Å². The molecule has 0 saturated carbocycles. The van der Waals surface area contributed by atoms with Gasteiger partial charge in [0.05, 0.1) is 5.69 Å². The second kappa shape index (κ2) is 7.07. The van der Waals surface area contributed by atoms with E-state index in [1.54, 1.807) is 4.68 Å². The molecule has 102 valence electrons. The molecule has 0 aliphatic carbocycles. The second-order valence-corrected chi connectivity index (χ2v) is 6.23. The van der Waals surface area contributed by atoms with Crippen molar-refractivity contribution in [1.29, 1.82) is 0 Å². The maximum Gasteiger partial charge on any atom is 0.0842 e. The fourth-order valence-corrected chi connectivity index (χ4v) is 3.41. The van der Waals surface area contributed by atoms with Crippen LogP contribution in [0.2, 0.25) is 0 Å². The SMILES string of the molecule is CNC(CSc1ccccc1Br)Cc1cn(C)nn1.